The van der Waals surface area contributed by atoms with Gasteiger partial charge in [0.25, 0.3) is 5.91 Å². The minimum absolute atomic E-state index is 0.186. The molecule has 1 aromatic heterocycles. The first-order chi connectivity index (χ1) is 14.3. The number of benzene rings is 1. The number of carbonyl (C=O) groups excluding carboxylic acids is 2. The van der Waals surface area contributed by atoms with Gasteiger partial charge >= 0.3 is 0 Å². The van der Waals surface area contributed by atoms with Crippen molar-refractivity contribution in [2.24, 2.45) is 5.73 Å². The quantitative estimate of drug-likeness (QED) is 0.485. The van der Waals surface area contributed by atoms with E-state index in [1.54, 1.807) is 44.0 Å². The van der Waals surface area contributed by atoms with Crippen molar-refractivity contribution in [2.75, 3.05) is 32.6 Å². The number of nitrogens with two attached hydrogens (primary N) is 1. The molecule has 9 nitrogen and oxygen atoms in total. The summed E-state index contributed by atoms with van der Waals surface area (Å²) in [5.74, 6) is 6.69. The number of hydrogen-bond donors (Lipinski definition) is 3. The number of methoxy groups -OCH3 is 2. The Labute approximate surface area is 174 Å². The summed E-state index contributed by atoms with van der Waals surface area (Å²) in [5.41, 5.74) is 7.09. The van der Waals surface area contributed by atoms with Crippen LogP contribution in [0.15, 0.2) is 30.4 Å². The Bertz CT molecular complexity index is 1050. The monoisotopic (exact) mass is 409 g/mol. The third-order valence-electron chi connectivity index (χ3n) is 4.57. The SMILES string of the molecule is C=C(C)C(=O)NC[C@H]1CNc2c(C(N)=O)c(C#Cc3cc(OC)cc(OC)c3)nn21. The average Bonchev–Trinajstić information content (AvgIpc) is 3.28. The molecule has 1 atom stereocenters. The number of amides is 2. The predicted octanol–water partition coefficient (Wildman–Crippen LogP) is 1.06. The maximum absolute atomic E-state index is 12.1. The number of fused-ring (bicyclic) bond motifs is 1. The van der Waals surface area contributed by atoms with Crippen LogP contribution in [0.25, 0.3) is 0 Å². The van der Waals surface area contributed by atoms with E-state index in [0.29, 0.717) is 41.5 Å². The Morgan fingerprint density at radius 1 is 1.30 bits per heavy atom. The van der Waals surface area contributed by atoms with E-state index in [0.717, 1.165) is 0 Å². The lowest BCUT2D eigenvalue weighted by Crippen LogP contribution is -2.31. The van der Waals surface area contributed by atoms with Crippen molar-refractivity contribution < 1.29 is 19.1 Å². The Morgan fingerprint density at radius 3 is 2.53 bits per heavy atom. The summed E-state index contributed by atoms with van der Waals surface area (Å²) < 4.78 is 12.1. The molecule has 156 valence electrons. The van der Waals surface area contributed by atoms with Crippen molar-refractivity contribution in [3.8, 4) is 23.3 Å². The van der Waals surface area contributed by atoms with Gasteiger partial charge in [0.2, 0.25) is 5.91 Å². The highest BCUT2D eigenvalue weighted by Gasteiger charge is 2.30. The molecule has 4 N–H and O–H groups in total. The maximum atomic E-state index is 12.1. The van der Waals surface area contributed by atoms with Gasteiger partial charge in [0.15, 0.2) is 5.69 Å². The summed E-state index contributed by atoms with van der Waals surface area (Å²) in [6.07, 6.45) is 0. The van der Waals surface area contributed by atoms with Gasteiger partial charge < -0.3 is 25.8 Å². The van der Waals surface area contributed by atoms with Crippen molar-refractivity contribution in [3.63, 3.8) is 0 Å². The summed E-state index contributed by atoms with van der Waals surface area (Å²) in [7, 11) is 3.10. The van der Waals surface area contributed by atoms with E-state index in [-0.39, 0.29) is 23.2 Å². The fraction of sp³-hybridized carbons (Fsp3) is 0.286. The van der Waals surface area contributed by atoms with Crippen LogP contribution in [0, 0.1) is 11.8 Å². The molecule has 2 amide bonds. The Balaban J connectivity index is 1.92. The maximum Gasteiger partial charge on any atom is 0.255 e. The number of nitrogens with one attached hydrogen (secondary N) is 2. The standard InChI is InChI=1S/C21H23N5O4/c1-12(2)21(28)24-11-14-10-23-20-18(19(22)27)17(25-26(14)20)6-5-13-7-15(29-3)9-16(8-13)30-4/h7-9,14,23H,1,10-11H2,2-4H3,(H2,22,27)(H,24,28)/t14-/m1/s1. The molecule has 1 aliphatic heterocycles. The first-order valence-corrected chi connectivity index (χ1v) is 9.19. The highest BCUT2D eigenvalue weighted by molar-refractivity contribution is 6.00. The highest BCUT2D eigenvalue weighted by atomic mass is 16.5. The van der Waals surface area contributed by atoms with Crippen LogP contribution in [0.2, 0.25) is 0 Å². The molecule has 9 heteroatoms. The van der Waals surface area contributed by atoms with Crippen molar-refractivity contribution in [2.45, 2.75) is 13.0 Å². The smallest absolute Gasteiger partial charge is 0.255 e. The van der Waals surface area contributed by atoms with Crippen LogP contribution in [0.4, 0.5) is 5.82 Å². The number of ether oxygens (including phenoxy) is 2. The van der Waals surface area contributed by atoms with Crippen LogP contribution in [-0.4, -0.2) is 48.9 Å². The second-order valence-corrected chi connectivity index (χ2v) is 6.76. The molecule has 3 rings (SSSR count). The zero-order valence-corrected chi connectivity index (χ0v) is 17.0. The summed E-state index contributed by atoms with van der Waals surface area (Å²) in [6.45, 7) is 6.07. The Hall–Kier alpha value is -3.93. The van der Waals surface area contributed by atoms with Gasteiger partial charge in [-0.25, -0.2) is 4.68 Å². The lowest BCUT2D eigenvalue weighted by atomic mass is 10.1. The molecule has 0 fully saturated rings. The molecular weight excluding hydrogens is 386 g/mol. The molecule has 0 unspecified atom stereocenters. The molecule has 1 aromatic carbocycles. The molecule has 0 saturated carbocycles. The van der Waals surface area contributed by atoms with Gasteiger partial charge in [-0.1, -0.05) is 12.5 Å². The van der Waals surface area contributed by atoms with Crippen LogP contribution >= 0.6 is 0 Å². The van der Waals surface area contributed by atoms with Gasteiger partial charge in [-0.15, -0.1) is 0 Å². The van der Waals surface area contributed by atoms with Crippen molar-refractivity contribution in [1.82, 2.24) is 15.1 Å². The van der Waals surface area contributed by atoms with E-state index < -0.39 is 5.91 Å². The first kappa shape index (κ1) is 20.8. The molecule has 0 aliphatic carbocycles. The van der Waals surface area contributed by atoms with E-state index >= 15 is 0 Å². The Morgan fingerprint density at radius 2 is 1.97 bits per heavy atom. The molecular formula is C21H23N5O4. The van der Waals surface area contributed by atoms with E-state index in [1.807, 2.05) is 0 Å². The number of nitrogens with zero attached hydrogens (tertiary/aromatic N) is 2. The summed E-state index contributed by atoms with van der Waals surface area (Å²) >= 11 is 0. The van der Waals surface area contributed by atoms with E-state index in [9.17, 15) is 9.59 Å². The fourth-order valence-corrected chi connectivity index (χ4v) is 3.02. The van der Waals surface area contributed by atoms with Crippen LogP contribution in [-0.2, 0) is 4.79 Å². The van der Waals surface area contributed by atoms with E-state index in [1.165, 1.54) is 0 Å². The molecule has 0 radical (unpaired) electrons. The summed E-state index contributed by atoms with van der Waals surface area (Å²) in [6, 6.07) is 5.04. The molecule has 0 saturated heterocycles. The lowest BCUT2D eigenvalue weighted by molar-refractivity contribution is -0.117. The van der Waals surface area contributed by atoms with Crippen molar-refractivity contribution in [3.05, 3.63) is 47.2 Å². The third kappa shape index (κ3) is 4.22. The Kier molecular flexibility index (Phi) is 5.97. The number of hydrogen-bond acceptors (Lipinski definition) is 6. The lowest BCUT2D eigenvalue weighted by Gasteiger charge is -2.11. The second kappa shape index (κ2) is 8.61. The van der Waals surface area contributed by atoms with Crippen LogP contribution in [0.3, 0.4) is 0 Å². The summed E-state index contributed by atoms with van der Waals surface area (Å²) in [5, 5.41) is 10.4. The highest BCUT2D eigenvalue weighted by Crippen LogP contribution is 2.29. The van der Waals surface area contributed by atoms with Crippen LogP contribution in [0.5, 0.6) is 11.5 Å². The zero-order valence-electron chi connectivity index (χ0n) is 17.0. The van der Waals surface area contributed by atoms with Crippen LogP contribution < -0.4 is 25.8 Å². The minimum Gasteiger partial charge on any atom is -0.497 e. The normalized spacial score (nSPS) is 14.0. The first-order valence-electron chi connectivity index (χ1n) is 9.19. The minimum atomic E-state index is -0.636. The third-order valence-corrected chi connectivity index (χ3v) is 4.57. The summed E-state index contributed by atoms with van der Waals surface area (Å²) in [4.78, 5) is 23.8. The number of anilines is 1. The van der Waals surface area contributed by atoms with Crippen LogP contribution in [0.1, 0.15) is 34.6 Å². The van der Waals surface area contributed by atoms with Gasteiger partial charge in [0, 0.05) is 30.3 Å². The van der Waals surface area contributed by atoms with Gasteiger partial charge in [-0.3, -0.25) is 9.59 Å². The molecule has 1 aliphatic rings. The molecule has 2 aromatic rings. The molecule has 2 heterocycles. The number of rotatable bonds is 6. The van der Waals surface area contributed by atoms with E-state index in [4.69, 9.17) is 15.2 Å². The molecule has 0 spiro atoms. The average molecular weight is 409 g/mol. The topological polar surface area (TPSA) is 120 Å². The van der Waals surface area contributed by atoms with Crippen molar-refractivity contribution >= 4 is 17.6 Å². The number of carbonyl (C=O) groups is 2. The van der Waals surface area contributed by atoms with Gasteiger partial charge in [-0.05, 0) is 25.0 Å². The second-order valence-electron chi connectivity index (χ2n) is 6.76. The number of primary amides is 1. The van der Waals surface area contributed by atoms with E-state index in [2.05, 4.69) is 34.2 Å². The number of aromatic nitrogens is 2. The van der Waals surface area contributed by atoms with Gasteiger partial charge in [0.05, 0.1) is 20.3 Å². The molecule has 0 bridgehead atoms. The fourth-order valence-electron chi connectivity index (χ4n) is 3.02. The van der Waals surface area contributed by atoms with Crippen molar-refractivity contribution in [1.29, 1.82) is 0 Å². The largest absolute Gasteiger partial charge is 0.497 e. The predicted molar refractivity (Wildman–Crippen MR) is 112 cm³/mol. The van der Waals surface area contributed by atoms with Gasteiger partial charge in [-0.2, -0.15) is 5.10 Å². The van der Waals surface area contributed by atoms with Gasteiger partial charge in [0.1, 0.15) is 22.9 Å². The molecule has 30 heavy (non-hydrogen) atoms. The zero-order chi connectivity index (χ0) is 21.8.